The monoisotopic (exact) mass is 510 g/mol. The van der Waals surface area contributed by atoms with Crippen LogP contribution in [0.4, 0.5) is 0 Å². The van der Waals surface area contributed by atoms with E-state index in [1.807, 2.05) is 0 Å². The molecule has 0 aromatic carbocycles. The predicted molar refractivity (Wildman–Crippen MR) is 103 cm³/mol. The minimum atomic E-state index is 0. The van der Waals surface area contributed by atoms with Crippen LogP contribution in [0.25, 0.3) is 0 Å². The lowest BCUT2D eigenvalue weighted by molar-refractivity contribution is -0.451. The Morgan fingerprint density at radius 1 is 0.750 bits per heavy atom. The van der Waals surface area contributed by atoms with Crippen LogP contribution in [0.3, 0.4) is 0 Å². The van der Waals surface area contributed by atoms with Gasteiger partial charge in [-0.15, -0.1) is 0 Å². The van der Waals surface area contributed by atoms with Crippen LogP contribution < -0.4 is 66.0 Å². The molecule has 0 aromatic rings. The molecule has 0 aliphatic carbocycles. The Bertz CT molecular complexity index is 266. The fourth-order valence-electron chi connectivity index (χ4n) is 1.29. The maximum Gasteiger partial charge on any atom is 0.304 e. The van der Waals surface area contributed by atoms with Gasteiger partial charge in [-0.1, -0.05) is 0 Å². The molecule has 0 bridgehead atoms. The number of amidine groups is 2. The summed E-state index contributed by atoms with van der Waals surface area (Å²) >= 11 is 3.48. The maximum atomic E-state index is 5.38. The second-order valence-electron chi connectivity index (χ2n) is 4.05. The Labute approximate surface area is 177 Å². The molecule has 0 aromatic heterocycles. The van der Waals surface area contributed by atoms with Gasteiger partial charge in [0.1, 0.15) is 0 Å². The topological polar surface area (TPSA) is 104 Å². The van der Waals surface area contributed by atoms with E-state index in [4.69, 9.17) is 11.5 Å². The highest BCUT2D eigenvalue weighted by molar-refractivity contribution is 8.13. The summed E-state index contributed by atoms with van der Waals surface area (Å²) in [6.45, 7) is 13.6. The molecule has 24 heavy (non-hydrogen) atoms. The van der Waals surface area contributed by atoms with Crippen molar-refractivity contribution in [2.45, 2.75) is 27.7 Å². The lowest BCUT2D eigenvalue weighted by Crippen LogP contribution is -3.00. The van der Waals surface area contributed by atoms with Crippen molar-refractivity contribution >= 4 is 33.9 Å². The molecule has 0 saturated carbocycles. The standard InChI is InChI=1S/2C7H17N3S.2BrH/c2*1-3-9-7(10-4-2)11-6-5-8;;/h2*3-6,8H2,1-2H3,(H,9,10);2*1H. The van der Waals surface area contributed by atoms with Crippen molar-refractivity contribution in [2.75, 3.05) is 50.8 Å². The van der Waals surface area contributed by atoms with Gasteiger partial charge in [-0.25, -0.2) is 0 Å². The van der Waals surface area contributed by atoms with E-state index in [9.17, 15) is 0 Å². The SMILES string of the molecule is CCNC(=[NH+]CC)SCCN.CCNC(=[NH+]CC)SCCN.[Br-].[Br-]. The van der Waals surface area contributed by atoms with Gasteiger partial charge < -0.3 is 45.4 Å². The molecule has 8 N–H and O–H groups in total. The molecule has 10 heteroatoms. The number of hydrogen-bond acceptors (Lipinski definition) is 4. The summed E-state index contributed by atoms with van der Waals surface area (Å²) in [5.41, 5.74) is 10.8. The van der Waals surface area contributed by atoms with Gasteiger partial charge in [-0.2, -0.15) is 0 Å². The van der Waals surface area contributed by atoms with Crippen LogP contribution in [-0.4, -0.2) is 61.1 Å². The van der Waals surface area contributed by atoms with Crippen LogP contribution in [-0.2, 0) is 0 Å². The van der Waals surface area contributed by atoms with Crippen molar-refractivity contribution in [1.29, 1.82) is 0 Å². The first kappa shape index (κ1) is 32.2. The Morgan fingerprint density at radius 2 is 1.08 bits per heavy atom. The van der Waals surface area contributed by atoms with Crippen LogP contribution >= 0.6 is 23.5 Å². The molecule has 0 amide bonds. The quantitative estimate of drug-likeness (QED) is 0.143. The first-order valence-electron chi connectivity index (χ1n) is 8.04. The smallest absolute Gasteiger partial charge is 0.304 e. The maximum absolute atomic E-state index is 5.38. The normalized spacial score (nSPS) is 10.8. The number of nitrogens with two attached hydrogens (primary N) is 2. The van der Waals surface area contributed by atoms with Crippen molar-refractivity contribution < 1.29 is 43.9 Å². The molecular weight excluding hydrogens is 476 g/mol. The Balaban J connectivity index is -0.000000154. The Kier molecular flexibility index (Phi) is 38.0. The first-order valence-corrected chi connectivity index (χ1v) is 10.0. The second-order valence-corrected chi connectivity index (χ2v) is 6.26. The zero-order valence-electron chi connectivity index (χ0n) is 15.4. The van der Waals surface area contributed by atoms with E-state index in [-0.39, 0.29) is 34.0 Å². The highest BCUT2D eigenvalue weighted by Crippen LogP contribution is 1.94. The molecule has 0 radical (unpaired) electrons. The van der Waals surface area contributed by atoms with Gasteiger partial charge in [0, 0.05) is 24.6 Å². The lowest BCUT2D eigenvalue weighted by Gasteiger charge is -1.98. The van der Waals surface area contributed by atoms with Crippen molar-refractivity contribution in [3.05, 3.63) is 0 Å². The fraction of sp³-hybridized carbons (Fsp3) is 0.857. The van der Waals surface area contributed by atoms with E-state index in [1.54, 1.807) is 23.5 Å². The zero-order valence-corrected chi connectivity index (χ0v) is 20.2. The molecule has 0 fully saturated rings. The van der Waals surface area contributed by atoms with E-state index in [2.05, 4.69) is 48.3 Å². The molecule has 0 heterocycles. The fourth-order valence-corrected chi connectivity index (χ4v) is 2.92. The number of rotatable bonds is 8. The summed E-state index contributed by atoms with van der Waals surface area (Å²) in [5.74, 6) is 1.94. The van der Waals surface area contributed by atoms with Crippen LogP contribution in [0.15, 0.2) is 0 Å². The highest BCUT2D eigenvalue weighted by atomic mass is 79.9. The van der Waals surface area contributed by atoms with Crippen molar-refractivity contribution in [3.8, 4) is 0 Å². The van der Waals surface area contributed by atoms with Gasteiger partial charge in [-0.3, -0.25) is 20.6 Å². The van der Waals surface area contributed by atoms with Gasteiger partial charge in [0.2, 0.25) is 0 Å². The van der Waals surface area contributed by atoms with Gasteiger partial charge in [0.05, 0.1) is 26.2 Å². The van der Waals surface area contributed by atoms with E-state index in [1.165, 1.54) is 0 Å². The third-order valence-electron chi connectivity index (χ3n) is 2.08. The minimum absolute atomic E-state index is 0. The molecule has 0 saturated heterocycles. The molecule has 148 valence electrons. The molecule has 0 atom stereocenters. The van der Waals surface area contributed by atoms with Crippen LogP contribution in [0.2, 0.25) is 0 Å². The third-order valence-corrected chi connectivity index (χ3v) is 4.11. The molecule has 0 aliphatic heterocycles. The molecule has 0 spiro atoms. The minimum Gasteiger partial charge on any atom is -1.00 e. The van der Waals surface area contributed by atoms with Gasteiger partial charge >= 0.3 is 10.3 Å². The largest absolute Gasteiger partial charge is 1.00 e. The second kappa shape index (κ2) is 28.3. The summed E-state index contributed by atoms with van der Waals surface area (Å²) in [4.78, 5) is 6.46. The van der Waals surface area contributed by atoms with Crippen molar-refractivity contribution in [3.63, 3.8) is 0 Å². The van der Waals surface area contributed by atoms with Crippen LogP contribution in [0.5, 0.6) is 0 Å². The molecule has 0 aliphatic rings. The van der Waals surface area contributed by atoms with Gasteiger partial charge in [-0.05, 0) is 51.2 Å². The summed E-state index contributed by atoms with van der Waals surface area (Å²) in [6.07, 6.45) is 0. The Hall–Kier alpha value is 0.520. The summed E-state index contributed by atoms with van der Waals surface area (Å²) < 4.78 is 0. The van der Waals surface area contributed by atoms with Crippen molar-refractivity contribution in [1.82, 2.24) is 10.6 Å². The van der Waals surface area contributed by atoms with Crippen LogP contribution in [0.1, 0.15) is 27.7 Å². The van der Waals surface area contributed by atoms with Crippen LogP contribution in [0, 0.1) is 0 Å². The van der Waals surface area contributed by atoms with E-state index in [0.29, 0.717) is 0 Å². The van der Waals surface area contributed by atoms with E-state index < -0.39 is 0 Å². The molecular formula is C14H36Br2N6S2. The van der Waals surface area contributed by atoms with E-state index >= 15 is 0 Å². The third kappa shape index (κ3) is 24.8. The van der Waals surface area contributed by atoms with E-state index in [0.717, 1.165) is 61.1 Å². The molecule has 0 unspecified atom stereocenters. The average molecular weight is 512 g/mol. The van der Waals surface area contributed by atoms with Gasteiger partial charge in [0.15, 0.2) is 0 Å². The summed E-state index contributed by atoms with van der Waals surface area (Å²) in [5, 5.41) is 8.74. The number of hydrogen-bond donors (Lipinski definition) is 6. The Morgan fingerprint density at radius 3 is 1.29 bits per heavy atom. The number of thioether (sulfide) groups is 2. The molecule has 6 nitrogen and oxygen atoms in total. The number of nitrogens with one attached hydrogen (secondary N) is 4. The first-order chi connectivity index (χ1) is 10.7. The number of halogens is 2. The molecule has 0 rings (SSSR count). The summed E-state index contributed by atoms with van der Waals surface area (Å²) in [6, 6.07) is 0. The van der Waals surface area contributed by atoms with Gasteiger partial charge in [0.25, 0.3) is 0 Å². The summed E-state index contributed by atoms with van der Waals surface area (Å²) in [7, 11) is 0. The zero-order chi connectivity index (χ0) is 17.1. The highest BCUT2D eigenvalue weighted by Gasteiger charge is 2.02. The lowest BCUT2D eigenvalue weighted by atomic mass is 10.7. The van der Waals surface area contributed by atoms with Crippen molar-refractivity contribution in [2.24, 2.45) is 11.5 Å². The average Bonchev–Trinajstić information content (AvgIpc) is 2.52. The predicted octanol–water partition coefficient (Wildman–Crippen LogP) is -8.50.